The van der Waals surface area contributed by atoms with Gasteiger partial charge in [-0.2, -0.15) is 4.72 Å². The number of benzene rings is 2. The Bertz CT molecular complexity index is 1140. The highest BCUT2D eigenvalue weighted by Crippen LogP contribution is 2.44. The molecule has 0 heterocycles. The minimum Gasteiger partial charge on any atom is -0.285 e. The summed E-state index contributed by atoms with van der Waals surface area (Å²) in [6, 6.07) is 13.4. The average Bonchev–Trinajstić information content (AvgIpc) is 2.67. The molecule has 0 amide bonds. The first-order valence-electron chi connectivity index (χ1n) is 9.18. The number of primary sulfonamides is 1. The highest BCUT2D eigenvalue weighted by Gasteiger charge is 2.32. The van der Waals surface area contributed by atoms with Crippen molar-refractivity contribution in [3.05, 3.63) is 69.2 Å². The van der Waals surface area contributed by atoms with E-state index in [-0.39, 0.29) is 17.8 Å². The molecule has 1 aliphatic rings. The van der Waals surface area contributed by atoms with Crippen LogP contribution in [0.2, 0.25) is 10.0 Å². The normalized spacial score (nSPS) is 19.6. The van der Waals surface area contributed by atoms with E-state index >= 15 is 0 Å². The summed E-state index contributed by atoms with van der Waals surface area (Å²) < 4.78 is 48.8. The quantitative estimate of drug-likeness (QED) is 0.618. The summed E-state index contributed by atoms with van der Waals surface area (Å²) in [4.78, 5) is 1.70. The van der Waals surface area contributed by atoms with E-state index in [0.29, 0.717) is 10.0 Å². The molecule has 11 heteroatoms. The Morgan fingerprint density at radius 3 is 2.33 bits per heavy atom. The van der Waals surface area contributed by atoms with Gasteiger partial charge < -0.3 is 0 Å². The smallest absolute Gasteiger partial charge is 0.225 e. The van der Waals surface area contributed by atoms with Crippen LogP contribution in [0.25, 0.3) is 0 Å². The zero-order valence-corrected chi connectivity index (χ0v) is 19.4. The van der Waals surface area contributed by atoms with Crippen molar-refractivity contribution in [1.82, 2.24) is 9.62 Å². The van der Waals surface area contributed by atoms with Gasteiger partial charge in [0, 0.05) is 12.0 Å². The van der Waals surface area contributed by atoms with E-state index < -0.39 is 25.9 Å². The zero-order chi connectivity index (χ0) is 22.1. The molecule has 0 aromatic heterocycles. The number of halogens is 2. The molecule has 0 unspecified atom stereocenters. The highest BCUT2D eigenvalue weighted by molar-refractivity contribution is 7.92. The second-order valence-electron chi connectivity index (χ2n) is 7.40. The summed E-state index contributed by atoms with van der Waals surface area (Å²) >= 11 is 12.3. The molecule has 0 radical (unpaired) electrons. The molecule has 7 nitrogen and oxygen atoms in total. The average molecular weight is 492 g/mol. The van der Waals surface area contributed by atoms with Gasteiger partial charge in [0.15, 0.2) is 0 Å². The van der Waals surface area contributed by atoms with Gasteiger partial charge in [-0.15, -0.1) is 0 Å². The first-order chi connectivity index (χ1) is 14.0. The van der Waals surface area contributed by atoms with Gasteiger partial charge in [-0.3, -0.25) is 4.90 Å². The van der Waals surface area contributed by atoms with Crippen LogP contribution < -0.4 is 9.86 Å². The zero-order valence-electron chi connectivity index (χ0n) is 16.3. The molecule has 2 aromatic rings. The molecule has 164 valence electrons. The lowest BCUT2D eigenvalue weighted by molar-refractivity contribution is 0.247. The van der Waals surface area contributed by atoms with Gasteiger partial charge in [0.05, 0.1) is 10.0 Å². The van der Waals surface area contributed by atoms with E-state index in [1.54, 1.807) is 18.0 Å². The molecule has 0 spiro atoms. The van der Waals surface area contributed by atoms with Gasteiger partial charge in [0.25, 0.3) is 0 Å². The van der Waals surface area contributed by atoms with Crippen LogP contribution in [0.4, 0.5) is 0 Å². The number of hydrogen-bond donors (Lipinski definition) is 2. The highest BCUT2D eigenvalue weighted by atomic mass is 35.5. The van der Waals surface area contributed by atoms with E-state index in [1.165, 1.54) is 0 Å². The second-order valence-corrected chi connectivity index (χ2v) is 11.6. The van der Waals surface area contributed by atoms with Crippen LogP contribution in [-0.4, -0.2) is 40.5 Å². The summed E-state index contributed by atoms with van der Waals surface area (Å²) in [5.74, 6) is -1.05. The minimum atomic E-state index is -3.94. The standard InChI is InChI=1S/C19H23Cl2N3O4S2/c1-24(12-30(27,28)23-11-29(22,25)26)19-9-7-14(15-4-2-3-5-16(15)19)13-6-8-17(20)18(21)10-13/h2-6,8,10,14,19,23H,7,9,11-12H2,1H3,(H2,22,25,26)/t14-,19-/m0/s1. The largest absolute Gasteiger partial charge is 0.285 e. The van der Waals surface area contributed by atoms with Gasteiger partial charge in [0.2, 0.25) is 20.0 Å². The Hall–Kier alpha value is -1.20. The lowest BCUT2D eigenvalue weighted by Crippen LogP contribution is -2.41. The van der Waals surface area contributed by atoms with Gasteiger partial charge in [-0.05, 0) is 48.7 Å². The monoisotopic (exact) mass is 491 g/mol. The maximum absolute atomic E-state index is 12.3. The third kappa shape index (κ3) is 5.73. The molecule has 0 fully saturated rings. The van der Waals surface area contributed by atoms with Crippen molar-refractivity contribution in [2.45, 2.75) is 24.8 Å². The van der Waals surface area contributed by atoms with Crippen LogP contribution in [0.15, 0.2) is 42.5 Å². The molecule has 3 N–H and O–H groups in total. The van der Waals surface area contributed by atoms with Crippen LogP contribution in [0.3, 0.4) is 0 Å². The molecular formula is C19H23Cl2N3O4S2. The SMILES string of the molecule is CN(CS(=O)(=O)NCS(N)(=O)=O)[C@H]1CC[C@@H](c2ccc(Cl)c(Cl)c2)c2ccccc21. The lowest BCUT2D eigenvalue weighted by atomic mass is 9.76. The van der Waals surface area contributed by atoms with E-state index in [2.05, 4.69) is 0 Å². The number of hydrogen-bond acceptors (Lipinski definition) is 5. The predicted octanol–water partition coefficient (Wildman–Crippen LogP) is 3.01. The number of nitrogens with zero attached hydrogens (tertiary/aromatic N) is 1. The van der Waals surface area contributed by atoms with Crippen molar-refractivity contribution in [3.8, 4) is 0 Å². The van der Waals surface area contributed by atoms with E-state index in [4.69, 9.17) is 28.3 Å². The maximum atomic E-state index is 12.3. The van der Waals surface area contributed by atoms with Crippen LogP contribution in [-0.2, 0) is 20.0 Å². The number of nitrogens with two attached hydrogens (primary N) is 1. The molecule has 0 saturated heterocycles. The van der Waals surface area contributed by atoms with Crippen LogP contribution in [0.1, 0.15) is 41.5 Å². The van der Waals surface area contributed by atoms with Crippen LogP contribution in [0, 0.1) is 0 Å². The summed E-state index contributed by atoms with van der Waals surface area (Å²) in [5.41, 5.74) is 3.19. The third-order valence-electron chi connectivity index (χ3n) is 5.19. The number of nitrogens with one attached hydrogen (secondary N) is 1. The fourth-order valence-corrected chi connectivity index (χ4v) is 6.37. The topological polar surface area (TPSA) is 110 Å². The number of rotatable bonds is 7. The fourth-order valence-electron chi connectivity index (χ4n) is 3.88. The Morgan fingerprint density at radius 2 is 1.70 bits per heavy atom. The fraction of sp³-hybridized carbons (Fsp3) is 0.368. The molecular weight excluding hydrogens is 469 g/mol. The summed E-state index contributed by atoms with van der Waals surface area (Å²) in [7, 11) is -6.09. The summed E-state index contributed by atoms with van der Waals surface area (Å²) in [5, 5.41) is 5.88. The lowest BCUT2D eigenvalue weighted by Gasteiger charge is -2.37. The number of sulfonamides is 2. The number of fused-ring (bicyclic) bond motifs is 1. The van der Waals surface area contributed by atoms with Gasteiger partial charge in [0.1, 0.15) is 11.8 Å². The molecule has 2 atom stereocenters. The Kier molecular flexibility index (Phi) is 7.13. The van der Waals surface area contributed by atoms with Crippen molar-refractivity contribution in [2.75, 3.05) is 18.8 Å². The maximum Gasteiger partial charge on any atom is 0.225 e. The summed E-state index contributed by atoms with van der Waals surface area (Å²) in [6.45, 7) is 0. The Balaban J connectivity index is 1.84. The van der Waals surface area contributed by atoms with Crippen molar-refractivity contribution in [2.24, 2.45) is 5.14 Å². The van der Waals surface area contributed by atoms with Crippen LogP contribution >= 0.6 is 23.2 Å². The van der Waals surface area contributed by atoms with Crippen molar-refractivity contribution in [1.29, 1.82) is 0 Å². The molecule has 2 aromatic carbocycles. The van der Waals surface area contributed by atoms with E-state index in [9.17, 15) is 16.8 Å². The van der Waals surface area contributed by atoms with E-state index in [0.717, 1.165) is 29.5 Å². The van der Waals surface area contributed by atoms with E-state index in [1.807, 2.05) is 41.1 Å². The third-order valence-corrected chi connectivity index (χ3v) is 7.99. The molecule has 1 aliphatic carbocycles. The molecule has 0 saturated carbocycles. The van der Waals surface area contributed by atoms with Crippen molar-refractivity contribution >= 4 is 43.2 Å². The van der Waals surface area contributed by atoms with Crippen molar-refractivity contribution < 1.29 is 16.8 Å². The molecule has 0 bridgehead atoms. The molecule has 0 aliphatic heterocycles. The predicted molar refractivity (Wildman–Crippen MR) is 119 cm³/mol. The minimum absolute atomic E-state index is 0.123. The Morgan fingerprint density at radius 1 is 1.03 bits per heavy atom. The second kappa shape index (κ2) is 9.12. The Labute approximate surface area is 187 Å². The molecule has 30 heavy (non-hydrogen) atoms. The van der Waals surface area contributed by atoms with Gasteiger partial charge in [-0.25, -0.2) is 22.0 Å². The first kappa shape index (κ1) is 23.5. The summed E-state index contributed by atoms with van der Waals surface area (Å²) in [6.07, 6.45) is 1.53. The van der Waals surface area contributed by atoms with Gasteiger partial charge in [-0.1, -0.05) is 53.5 Å². The molecule has 3 rings (SSSR count). The van der Waals surface area contributed by atoms with Crippen molar-refractivity contribution in [3.63, 3.8) is 0 Å². The van der Waals surface area contributed by atoms with Gasteiger partial charge >= 0.3 is 0 Å². The van der Waals surface area contributed by atoms with Crippen LogP contribution in [0.5, 0.6) is 0 Å². The first-order valence-corrected chi connectivity index (χ1v) is 13.3.